The van der Waals surface area contributed by atoms with Crippen LogP contribution in [0.25, 0.3) is 0 Å². The molecule has 0 nitrogen and oxygen atoms in total. The maximum atomic E-state index is 4.97. The molecule has 0 saturated carbocycles. The standard InChI is InChI=1S/CHCl2.Pd/c2-1-3;/h1H;. The fourth-order valence-electron chi connectivity index (χ4n) is 0. The van der Waals surface area contributed by atoms with Gasteiger partial charge >= 0.3 is 45.7 Å². The van der Waals surface area contributed by atoms with Gasteiger partial charge in [0.05, 0.1) is 0 Å². The molecular weight excluding hydrogens is 189 g/mol. The van der Waals surface area contributed by atoms with Gasteiger partial charge in [-0.25, -0.2) is 0 Å². The van der Waals surface area contributed by atoms with Gasteiger partial charge in [-0.1, -0.05) is 0 Å². The van der Waals surface area contributed by atoms with Crippen molar-refractivity contribution in [3.05, 3.63) is 0 Å². The first kappa shape index (κ1) is 5.24. The molecule has 29 valence electrons. The third kappa shape index (κ3) is 10.6. The maximum absolute atomic E-state index is 4.97. The molecule has 4 heavy (non-hydrogen) atoms. The summed E-state index contributed by atoms with van der Waals surface area (Å²) >= 11 is 12.5. The van der Waals surface area contributed by atoms with Gasteiger partial charge < -0.3 is 0 Å². The predicted molar refractivity (Wildman–Crippen MR) is 15.5 cm³/mol. The Morgan fingerprint density at radius 1 is 1.50 bits per heavy atom. The van der Waals surface area contributed by atoms with Crippen LogP contribution in [0.2, 0.25) is 0 Å². The monoisotopic (exact) mass is 189 g/mol. The second-order valence-corrected chi connectivity index (χ2v) is 3.19. The van der Waals surface area contributed by atoms with Gasteiger partial charge in [0.15, 0.2) is 0 Å². The van der Waals surface area contributed by atoms with Crippen LogP contribution in [0.4, 0.5) is 0 Å². The van der Waals surface area contributed by atoms with Gasteiger partial charge in [-0.15, -0.1) is 0 Å². The third-order valence-corrected chi connectivity index (χ3v) is 0. The van der Waals surface area contributed by atoms with Crippen LogP contribution in [-0.2, 0) is 19.2 Å². The first-order chi connectivity index (χ1) is 1.73. The van der Waals surface area contributed by atoms with Crippen molar-refractivity contribution in [2.24, 2.45) is 0 Å². The van der Waals surface area contributed by atoms with Crippen molar-refractivity contribution in [1.29, 1.82) is 0 Å². The molecule has 3 heteroatoms. The van der Waals surface area contributed by atoms with E-state index in [1.807, 2.05) is 0 Å². The summed E-state index contributed by atoms with van der Waals surface area (Å²) in [5.41, 5.74) is 0. The predicted octanol–water partition coefficient (Wildman–Crippen LogP) is 1.29. The normalized spacial score (nSPS) is 9.25. The van der Waals surface area contributed by atoms with Crippen molar-refractivity contribution in [2.45, 2.75) is 3.31 Å². The molecule has 0 radical (unpaired) electrons. The first-order valence-electron chi connectivity index (χ1n) is 0.619. The van der Waals surface area contributed by atoms with E-state index in [1.165, 1.54) is 0 Å². The molecule has 0 aliphatic rings. The van der Waals surface area contributed by atoms with Gasteiger partial charge in [0.1, 0.15) is 0 Å². The molecule has 0 heterocycles. The van der Waals surface area contributed by atoms with Crippen LogP contribution in [0, 0.1) is 0 Å². The molecule has 0 unspecified atom stereocenters. The molecule has 0 fully saturated rings. The van der Waals surface area contributed by atoms with E-state index >= 15 is 0 Å². The Morgan fingerprint density at radius 2 is 1.50 bits per heavy atom. The molecule has 0 atom stereocenters. The third-order valence-electron chi connectivity index (χ3n) is 0. The number of alkyl halides is 2. The summed E-state index contributed by atoms with van der Waals surface area (Å²) in [5, 5.41) is 0. The van der Waals surface area contributed by atoms with Gasteiger partial charge in [0.2, 0.25) is 0 Å². The Bertz CT molecular complexity index is 10.8. The summed E-state index contributed by atoms with van der Waals surface area (Å²) in [4.78, 5) is 0. The molecule has 0 aliphatic heterocycles. The van der Waals surface area contributed by atoms with Crippen molar-refractivity contribution in [3.63, 3.8) is 0 Å². The summed E-state index contributed by atoms with van der Waals surface area (Å²) < 4.78 is -0.372. The summed E-state index contributed by atoms with van der Waals surface area (Å²) in [6.45, 7) is 0. The topological polar surface area (TPSA) is 0 Å². The van der Waals surface area contributed by atoms with Crippen LogP contribution in [0.15, 0.2) is 0 Å². The van der Waals surface area contributed by atoms with Gasteiger partial charge in [-0.2, -0.15) is 0 Å². The average molecular weight is 190 g/mol. The van der Waals surface area contributed by atoms with Crippen LogP contribution < -0.4 is 0 Å². The van der Waals surface area contributed by atoms with E-state index in [0.717, 1.165) is 0 Å². The van der Waals surface area contributed by atoms with Crippen LogP contribution in [0.1, 0.15) is 0 Å². The quantitative estimate of drug-likeness (QED) is 0.399. The van der Waals surface area contributed by atoms with Crippen LogP contribution in [0.3, 0.4) is 0 Å². The Morgan fingerprint density at radius 3 is 1.50 bits per heavy atom. The van der Waals surface area contributed by atoms with E-state index in [1.54, 1.807) is 0 Å². The van der Waals surface area contributed by atoms with Gasteiger partial charge in [0.25, 0.3) is 0 Å². The molecule has 0 saturated heterocycles. The second kappa shape index (κ2) is 2.48. The molecule has 0 aromatic heterocycles. The number of halogens is 2. The Balaban J connectivity index is 2.32. The van der Waals surface area contributed by atoms with Crippen molar-refractivity contribution in [3.8, 4) is 0 Å². The summed E-state index contributed by atoms with van der Waals surface area (Å²) in [6, 6.07) is 0. The van der Waals surface area contributed by atoms with Gasteiger partial charge in [-0.05, 0) is 0 Å². The second-order valence-electron chi connectivity index (χ2n) is 0.220. The van der Waals surface area contributed by atoms with Crippen molar-refractivity contribution < 1.29 is 19.2 Å². The fraction of sp³-hybridized carbons (Fsp3) is 1.00. The summed E-state index contributed by atoms with van der Waals surface area (Å²) in [5.74, 6) is 0. The molecule has 0 aliphatic carbocycles. The fourth-order valence-corrected chi connectivity index (χ4v) is 0. The van der Waals surface area contributed by atoms with E-state index in [9.17, 15) is 0 Å². The van der Waals surface area contributed by atoms with Crippen LogP contribution in [-0.4, -0.2) is 3.31 Å². The summed E-state index contributed by atoms with van der Waals surface area (Å²) in [7, 11) is 0. The summed E-state index contributed by atoms with van der Waals surface area (Å²) in [6.07, 6.45) is 0. The minimum absolute atomic E-state index is 0.372. The molecule has 0 spiro atoms. The van der Waals surface area contributed by atoms with E-state index in [-0.39, 0.29) is 3.31 Å². The SMILES string of the molecule is Cl[CH](Cl)[Pd]. The van der Waals surface area contributed by atoms with E-state index < -0.39 is 0 Å². The van der Waals surface area contributed by atoms with Crippen LogP contribution in [0.5, 0.6) is 0 Å². The number of rotatable bonds is 0. The number of hydrogen-bond donors (Lipinski definition) is 0. The number of hydrogen-bond acceptors (Lipinski definition) is 0. The van der Waals surface area contributed by atoms with E-state index in [4.69, 9.17) is 23.2 Å². The molecule has 0 aromatic carbocycles. The molecule has 0 rings (SSSR count). The molecular formula is CHCl2Pd. The van der Waals surface area contributed by atoms with Crippen molar-refractivity contribution >= 4 is 23.2 Å². The van der Waals surface area contributed by atoms with Crippen molar-refractivity contribution in [1.82, 2.24) is 0 Å². The average Bonchev–Trinajstić information content (AvgIpc) is 0.811. The van der Waals surface area contributed by atoms with Gasteiger partial charge in [0, 0.05) is 0 Å². The molecule has 0 N–H and O–H groups in total. The Hall–Kier alpha value is 1.24. The minimum atomic E-state index is -0.372. The Kier molecular flexibility index (Phi) is 3.25. The zero-order chi connectivity index (χ0) is 3.58. The molecule has 0 aromatic rings. The first-order valence-corrected chi connectivity index (χ1v) is 2.39. The molecule has 0 amide bonds. The Labute approximate surface area is 45.9 Å². The van der Waals surface area contributed by atoms with E-state index in [0.29, 0.717) is 0 Å². The van der Waals surface area contributed by atoms with Crippen LogP contribution >= 0.6 is 23.2 Å². The zero-order valence-corrected chi connectivity index (χ0v) is 4.72. The van der Waals surface area contributed by atoms with E-state index in [2.05, 4.69) is 19.2 Å². The molecule has 0 bridgehead atoms. The zero-order valence-electron chi connectivity index (χ0n) is 1.65. The van der Waals surface area contributed by atoms with Gasteiger partial charge in [-0.3, -0.25) is 0 Å². The van der Waals surface area contributed by atoms with Crippen molar-refractivity contribution in [2.75, 3.05) is 0 Å².